The molecular formula is C21H29N3O6. The van der Waals surface area contributed by atoms with Crippen LogP contribution in [0.25, 0.3) is 0 Å². The van der Waals surface area contributed by atoms with E-state index in [0.717, 1.165) is 4.90 Å². The van der Waals surface area contributed by atoms with E-state index in [9.17, 15) is 19.2 Å². The van der Waals surface area contributed by atoms with E-state index < -0.39 is 41.9 Å². The van der Waals surface area contributed by atoms with Crippen molar-refractivity contribution in [2.75, 3.05) is 20.8 Å². The number of imide groups is 1. The van der Waals surface area contributed by atoms with E-state index in [1.807, 2.05) is 13.8 Å². The monoisotopic (exact) mass is 419 g/mol. The average molecular weight is 419 g/mol. The second-order valence-electron chi connectivity index (χ2n) is 7.58. The summed E-state index contributed by atoms with van der Waals surface area (Å²) < 4.78 is 9.87. The van der Waals surface area contributed by atoms with E-state index in [0.29, 0.717) is 24.2 Å². The first-order valence-electron chi connectivity index (χ1n) is 9.84. The molecule has 2 atom stereocenters. The minimum atomic E-state index is -1.26. The van der Waals surface area contributed by atoms with Gasteiger partial charge in [0.1, 0.15) is 23.9 Å². The Bertz CT molecular complexity index is 807. The van der Waals surface area contributed by atoms with Gasteiger partial charge in [0.05, 0.1) is 14.2 Å². The maximum absolute atomic E-state index is 13.2. The van der Waals surface area contributed by atoms with Crippen LogP contribution >= 0.6 is 0 Å². The van der Waals surface area contributed by atoms with Crippen LogP contribution in [-0.4, -0.2) is 55.5 Å². The molecule has 1 fully saturated rings. The third-order valence-electron chi connectivity index (χ3n) is 5.12. The highest BCUT2D eigenvalue weighted by atomic mass is 16.5. The smallest absolute Gasteiger partial charge is 0.328 e. The second-order valence-corrected chi connectivity index (χ2v) is 7.58. The maximum atomic E-state index is 13.2. The Balaban J connectivity index is 2.18. The van der Waals surface area contributed by atoms with E-state index in [1.165, 1.54) is 14.2 Å². The molecule has 1 aliphatic rings. The molecule has 30 heavy (non-hydrogen) atoms. The van der Waals surface area contributed by atoms with Gasteiger partial charge in [0.2, 0.25) is 5.91 Å². The molecule has 0 aliphatic carbocycles. The third-order valence-corrected chi connectivity index (χ3v) is 5.12. The van der Waals surface area contributed by atoms with Crippen molar-refractivity contribution in [1.29, 1.82) is 0 Å². The molecule has 0 aromatic heterocycles. The van der Waals surface area contributed by atoms with E-state index in [-0.39, 0.29) is 5.92 Å². The van der Waals surface area contributed by atoms with Crippen LogP contribution in [0.1, 0.15) is 39.2 Å². The zero-order valence-electron chi connectivity index (χ0n) is 18.0. The molecule has 1 aromatic carbocycles. The number of methoxy groups -OCH3 is 2. The highest BCUT2D eigenvalue weighted by molar-refractivity contribution is 6.09. The highest BCUT2D eigenvalue weighted by Crippen LogP contribution is 2.33. The van der Waals surface area contributed by atoms with Crippen molar-refractivity contribution in [3.05, 3.63) is 29.8 Å². The summed E-state index contributed by atoms with van der Waals surface area (Å²) >= 11 is 0. The van der Waals surface area contributed by atoms with Gasteiger partial charge < -0.3 is 20.1 Å². The van der Waals surface area contributed by atoms with Crippen LogP contribution in [-0.2, 0) is 24.7 Å². The topological polar surface area (TPSA) is 114 Å². The zero-order chi connectivity index (χ0) is 22.5. The third kappa shape index (κ3) is 4.72. The zero-order valence-corrected chi connectivity index (χ0v) is 18.0. The van der Waals surface area contributed by atoms with Gasteiger partial charge >= 0.3 is 12.0 Å². The quantitative estimate of drug-likeness (QED) is 0.464. The summed E-state index contributed by atoms with van der Waals surface area (Å²) in [5, 5.41) is 5.28. The van der Waals surface area contributed by atoms with Gasteiger partial charge in [-0.1, -0.05) is 32.9 Å². The molecule has 1 heterocycles. The summed E-state index contributed by atoms with van der Waals surface area (Å²) in [4.78, 5) is 51.0. The number of hydrogen-bond acceptors (Lipinski definition) is 6. The van der Waals surface area contributed by atoms with Gasteiger partial charge in [-0.25, -0.2) is 9.59 Å². The molecule has 164 valence electrons. The van der Waals surface area contributed by atoms with Crippen LogP contribution in [0.3, 0.4) is 0 Å². The number of amides is 4. The number of nitrogens with zero attached hydrogens (tertiary/aromatic N) is 1. The van der Waals surface area contributed by atoms with Crippen LogP contribution in [0.5, 0.6) is 5.75 Å². The Hall–Kier alpha value is -3.10. The van der Waals surface area contributed by atoms with Crippen LogP contribution in [0.4, 0.5) is 4.79 Å². The molecule has 1 aliphatic heterocycles. The Kier molecular flexibility index (Phi) is 7.42. The van der Waals surface area contributed by atoms with Crippen molar-refractivity contribution in [3.8, 4) is 5.75 Å². The van der Waals surface area contributed by atoms with Gasteiger partial charge in [-0.3, -0.25) is 14.5 Å². The lowest BCUT2D eigenvalue weighted by molar-refractivity contribution is -0.145. The van der Waals surface area contributed by atoms with Gasteiger partial charge in [0, 0.05) is 0 Å². The molecule has 1 saturated heterocycles. The number of hydrogen-bond donors (Lipinski definition) is 2. The Morgan fingerprint density at radius 1 is 1.17 bits per heavy atom. The van der Waals surface area contributed by atoms with E-state index >= 15 is 0 Å². The molecule has 0 unspecified atom stereocenters. The fraction of sp³-hybridized carbons (Fsp3) is 0.524. The predicted molar refractivity (Wildman–Crippen MR) is 109 cm³/mol. The highest BCUT2D eigenvalue weighted by Gasteiger charge is 2.51. The largest absolute Gasteiger partial charge is 0.497 e. The molecule has 2 N–H and O–H groups in total. The van der Waals surface area contributed by atoms with Gasteiger partial charge in [0.25, 0.3) is 5.91 Å². The number of carbonyl (C=O) groups excluding carboxylic acids is 4. The standard InChI is InChI=1S/C21H29N3O6/c1-6-21(14-7-9-15(29-4)10-8-14)19(27)24(20(28)23-21)12-17(25)22-16(11-13(2)3)18(26)30-5/h7-10,13,16H,6,11-12H2,1-5H3,(H,22,25)(H,23,28)/t16-,21+/m0/s1. The number of rotatable bonds is 9. The summed E-state index contributed by atoms with van der Waals surface area (Å²) in [5.74, 6) is -0.952. The Morgan fingerprint density at radius 2 is 1.80 bits per heavy atom. The molecule has 0 saturated carbocycles. The van der Waals surface area contributed by atoms with Crippen molar-refractivity contribution in [2.24, 2.45) is 5.92 Å². The second kappa shape index (κ2) is 9.60. The van der Waals surface area contributed by atoms with E-state index in [2.05, 4.69) is 10.6 Å². The maximum Gasteiger partial charge on any atom is 0.328 e. The van der Waals surface area contributed by atoms with Crippen LogP contribution in [0.2, 0.25) is 0 Å². The SMILES string of the molecule is CC[C@]1(c2ccc(OC)cc2)NC(=O)N(CC(=O)N[C@@H](CC(C)C)C(=O)OC)C1=O. The average Bonchev–Trinajstić information content (AvgIpc) is 2.97. The molecular weight excluding hydrogens is 390 g/mol. The summed E-state index contributed by atoms with van der Waals surface area (Å²) in [6.07, 6.45) is 0.684. The lowest BCUT2D eigenvalue weighted by atomic mass is 9.87. The van der Waals surface area contributed by atoms with Crippen molar-refractivity contribution >= 4 is 23.8 Å². The predicted octanol–water partition coefficient (Wildman–Crippen LogP) is 1.56. The molecule has 9 heteroatoms. The van der Waals surface area contributed by atoms with Gasteiger partial charge in [-0.2, -0.15) is 0 Å². The summed E-state index contributed by atoms with van der Waals surface area (Å²) in [6, 6.07) is 5.31. The lowest BCUT2D eigenvalue weighted by Gasteiger charge is -2.26. The van der Waals surface area contributed by atoms with Crippen molar-refractivity contribution in [1.82, 2.24) is 15.5 Å². The summed E-state index contributed by atoms with van der Waals surface area (Å²) in [6.45, 7) is 5.10. The minimum Gasteiger partial charge on any atom is -0.497 e. The number of urea groups is 1. The number of nitrogens with one attached hydrogen (secondary N) is 2. The number of esters is 1. The van der Waals surface area contributed by atoms with E-state index in [4.69, 9.17) is 9.47 Å². The molecule has 4 amide bonds. The van der Waals surface area contributed by atoms with Gasteiger partial charge in [-0.15, -0.1) is 0 Å². The molecule has 0 bridgehead atoms. The van der Waals surface area contributed by atoms with Gasteiger partial charge in [0.15, 0.2) is 0 Å². The molecule has 1 aromatic rings. The number of benzene rings is 1. The first-order valence-corrected chi connectivity index (χ1v) is 9.84. The fourth-order valence-electron chi connectivity index (χ4n) is 3.50. The van der Waals surface area contributed by atoms with Crippen LogP contribution in [0, 0.1) is 5.92 Å². The Morgan fingerprint density at radius 3 is 2.30 bits per heavy atom. The van der Waals surface area contributed by atoms with Gasteiger partial charge in [-0.05, 0) is 36.5 Å². The number of ether oxygens (including phenoxy) is 2. The van der Waals surface area contributed by atoms with Crippen LogP contribution in [0.15, 0.2) is 24.3 Å². The first-order chi connectivity index (χ1) is 14.2. The fourth-order valence-corrected chi connectivity index (χ4v) is 3.50. The van der Waals surface area contributed by atoms with E-state index in [1.54, 1.807) is 31.2 Å². The van der Waals surface area contributed by atoms with Crippen molar-refractivity contribution in [3.63, 3.8) is 0 Å². The van der Waals surface area contributed by atoms with Crippen LogP contribution < -0.4 is 15.4 Å². The molecule has 9 nitrogen and oxygen atoms in total. The molecule has 2 rings (SSSR count). The Labute approximate surface area is 176 Å². The molecule has 0 radical (unpaired) electrons. The minimum absolute atomic E-state index is 0.133. The lowest BCUT2D eigenvalue weighted by Crippen LogP contribution is -2.48. The first kappa shape index (κ1) is 23.2. The van der Waals surface area contributed by atoms with Crippen molar-refractivity contribution in [2.45, 2.75) is 45.2 Å². The summed E-state index contributed by atoms with van der Waals surface area (Å²) in [5.41, 5.74) is -0.664. The van der Waals surface area contributed by atoms with Crippen molar-refractivity contribution < 1.29 is 28.7 Å². The number of carbonyl (C=O) groups is 4. The summed E-state index contributed by atoms with van der Waals surface area (Å²) in [7, 11) is 2.78. The normalized spacial score (nSPS) is 19.5. The molecule has 0 spiro atoms.